The van der Waals surface area contributed by atoms with Gasteiger partial charge >= 0.3 is 6.18 Å². The maximum atomic E-state index is 12.9. The fourth-order valence-corrected chi connectivity index (χ4v) is 2.45. The van der Waals surface area contributed by atoms with Gasteiger partial charge in [-0.3, -0.25) is 0 Å². The zero-order valence-corrected chi connectivity index (χ0v) is 12.7. The summed E-state index contributed by atoms with van der Waals surface area (Å²) in [6.07, 6.45) is -2.87. The SMILES string of the molecule is Cc1cc(-c2ccnc(Cl)c2)n(-c2cccc(C(F)(F)F)c2)n1. The van der Waals surface area contributed by atoms with Crippen molar-refractivity contribution >= 4 is 11.6 Å². The Kier molecular flexibility index (Phi) is 3.85. The Balaban J connectivity index is 2.15. The van der Waals surface area contributed by atoms with E-state index in [2.05, 4.69) is 10.1 Å². The Morgan fingerprint density at radius 3 is 2.57 bits per heavy atom. The number of aromatic nitrogens is 3. The van der Waals surface area contributed by atoms with E-state index in [0.717, 1.165) is 17.7 Å². The van der Waals surface area contributed by atoms with Crippen molar-refractivity contribution in [1.82, 2.24) is 14.8 Å². The van der Waals surface area contributed by atoms with Crippen molar-refractivity contribution in [2.75, 3.05) is 0 Å². The minimum absolute atomic E-state index is 0.303. The molecular formula is C16H11ClF3N3. The number of aryl methyl sites for hydroxylation is 1. The monoisotopic (exact) mass is 337 g/mol. The predicted octanol–water partition coefficient (Wildman–Crippen LogP) is 4.91. The third kappa shape index (κ3) is 3.22. The quantitative estimate of drug-likeness (QED) is 0.622. The van der Waals surface area contributed by atoms with Crippen LogP contribution in [0.4, 0.5) is 13.2 Å². The van der Waals surface area contributed by atoms with E-state index in [1.54, 1.807) is 31.2 Å². The molecule has 3 rings (SSSR count). The van der Waals surface area contributed by atoms with Crippen LogP contribution in [-0.2, 0) is 6.18 Å². The second-order valence-corrected chi connectivity index (χ2v) is 5.39. The molecule has 0 radical (unpaired) electrons. The van der Waals surface area contributed by atoms with Gasteiger partial charge in [0.15, 0.2) is 0 Å². The van der Waals surface area contributed by atoms with Gasteiger partial charge in [0, 0.05) is 11.8 Å². The highest BCUT2D eigenvalue weighted by Gasteiger charge is 2.30. The summed E-state index contributed by atoms with van der Waals surface area (Å²) in [7, 11) is 0. The van der Waals surface area contributed by atoms with Crippen LogP contribution in [0, 0.1) is 6.92 Å². The van der Waals surface area contributed by atoms with E-state index in [1.165, 1.54) is 16.9 Å². The van der Waals surface area contributed by atoms with Crippen molar-refractivity contribution in [2.24, 2.45) is 0 Å². The molecule has 0 saturated heterocycles. The van der Waals surface area contributed by atoms with Crippen LogP contribution in [0.3, 0.4) is 0 Å². The molecule has 0 unspecified atom stereocenters. The number of hydrogen-bond donors (Lipinski definition) is 0. The van der Waals surface area contributed by atoms with Gasteiger partial charge in [-0.1, -0.05) is 17.7 Å². The van der Waals surface area contributed by atoms with E-state index >= 15 is 0 Å². The lowest BCUT2D eigenvalue weighted by atomic mass is 10.1. The smallest absolute Gasteiger partial charge is 0.245 e. The molecule has 1 aromatic carbocycles. The summed E-state index contributed by atoms with van der Waals surface area (Å²) in [6, 6.07) is 10.2. The van der Waals surface area contributed by atoms with Crippen LogP contribution >= 0.6 is 11.6 Å². The fraction of sp³-hybridized carbons (Fsp3) is 0.125. The molecule has 0 saturated carbocycles. The third-order valence-electron chi connectivity index (χ3n) is 3.27. The van der Waals surface area contributed by atoms with Crippen molar-refractivity contribution in [2.45, 2.75) is 13.1 Å². The molecule has 0 bridgehead atoms. The number of nitrogens with zero attached hydrogens (tertiary/aromatic N) is 3. The molecule has 2 heterocycles. The summed E-state index contributed by atoms with van der Waals surface area (Å²) in [5.74, 6) is 0. The van der Waals surface area contributed by atoms with Crippen LogP contribution in [-0.4, -0.2) is 14.8 Å². The number of hydrogen-bond acceptors (Lipinski definition) is 2. The summed E-state index contributed by atoms with van der Waals surface area (Å²) >= 11 is 5.90. The van der Waals surface area contributed by atoms with Gasteiger partial charge in [-0.2, -0.15) is 18.3 Å². The first-order chi connectivity index (χ1) is 10.8. The number of pyridine rings is 1. The Labute approximate surface area is 135 Å². The summed E-state index contributed by atoms with van der Waals surface area (Å²) in [5.41, 5.74) is 1.66. The first-order valence-corrected chi connectivity index (χ1v) is 7.08. The number of halogens is 4. The van der Waals surface area contributed by atoms with Crippen molar-refractivity contribution < 1.29 is 13.2 Å². The molecule has 0 aliphatic carbocycles. The fourth-order valence-electron chi connectivity index (χ4n) is 2.28. The average molecular weight is 338 g/mol. The first kappa shape index (κ1) is 15.6. The van der Waals surface area contributed by atoms with Crippen molar-refractivity contribution in [1.29, 1.82) is 0 Å². The van der Waals surface area contributed by atoms with E-state index in [4.69, 9.17) is 11.6 Å². The lowest BCUT2D eigenvalue weighted by Crippen LogP contribution is -2.07. The van der Waals surface area contributed by atoms with Crippen LogP contribution in [0.1, 0.15) is 11.3 Å². The lowest BCUT2D eigenvalue weighted by molar-refractivity contribution is -0.137. The molecule has 118 valence electrons. The van der Waals surface area contributed by atoms with Gasteiger partial charge in [-0.15, -0.1) is 0 Å². The van der Waals surface area contributed by atoms with Crippen LogP contribution in [0.15, 0.2) is 48.7 Å². The topological polar surface area (TPSA) is 30.7 Å². The van der Waals surface area contributed by atoms with Crippen LogP contribution in [0.2, 0.25) is 5.15 Å². The van der Waals surface area contributed by atoms with Gasteiger partial charge in [0.05, 0.1) is 22.6 Å². The molecule has 3 nitrogen and oxygen atoms in total. The second-order valence-electron chi connectivity index (χ2n) is 5.00. The van der Waals surface area contributed by atoms with E-state index in [0.29, 0.717) is 22.2 Å². The highest BCUT2D eigenvalue weighted by Crippen LogP contribution is 2.32. The second kappa shape index (κ2) is 5.70. The number of rotatable bonds is 2. The average Bonchev–Trinajstić information content (AvgIpc) is 2.89. The molecule has 23 heavy (non-hydrogen) atoms. The first-order valence-electron chi connectivity index (χ1n) is 6.71. The largest absolute Gasteiger partial charge is 0.416 e. The van der Waals surface area contributed by atoms with Crippen molar-refractivity contribution in [3.05, 3.63) is 65.1 Å². The van der Waals surface area contributed by atoms with E-state index in [1.807, 2.05) is 0 Å². The lowest BCUT2D eigenvalue weighted by Gasteiger charge is -2.11. The molecule has 0 atom stereocenters. The van der Waals surface area contributed by atoms with E-state index in [9.17, 15) is 13.2 Å². The molecule has 0 amide bonds. The maximum Gasteiger partial charge on any atom is 0.416 e. The summed E-state index contributed by atoms with van der Waals surface area (Å²) < 4.78 is 40.2. The summed E-state index contributed by atoms with van der Waals surface area (Å²) in [5, 5.41) is 4.60. The molecule has 0 spiro atoms. The highest BCUT2D eigenvalue weighted by atomic mass is 35.5. The molecule has 3 aromatic rings. The van der Waals surface area contributed by atoms with E-state index in [-0.39, 0.29) is 0 Å². The standard InChI is InChI=1S/C16H11ClF3N3/c1-10-7-14(11-5-6-21-15(17)8-11)23(22-10)13-4-2-3-12(9-13)16(18,19)20/h2-9H,1H3. The Morgan fingerprint density at radius 1 is 1.09 bits per heavy atom. The van der Waals surface area contributed by atoms with Crippen LogP contribution in [0.25, 0.3) is 16.9 Å². The number of alkyl halides is 3. The molecule has 2 aromatic heterocycles. The number of benzene rings is 1. The molecule has 0 N–H and O–H groups in total. The van der Waals surface area contributed by atoms with Gasteiger partial charge in [0.1, 0.15) is 5.15 Å². The summed E-state index contributed by atoms with van der Waals surface area (Å²) in [6.45, 7) is 1.77. The van der Waals surface area contributed by atoms with Crippen molar-refractivity contribution in [3.8, 4) is 16.9 Å². The third-order valence-corrected chi connectivity index (χ3v) is 3.48. The van der Waals surface area contributed by atoms with Gasteiger partial charge in [0.2, 0.25) is 0 Å². The van der Waals surface area contributed by atoms with Crippen LogP contribution < -0.4 is 0 Å². The molecule has 0 fully saturated rings. The predicted molar refractivity (Wildman–Crippen MR) is 81.5 cm³/mol. The molecule has 7 heteroatoms. The Hall–Kier alpha value is -2.34. The van der Waals surface area contributed by atoms with Gasteiger partial charge < -0.3 is 0 Å². The Morgan fingerprint density at radius 2 is 1.87 bits per heavy atom. The zero-order chi connectivity index (χ0) is 16.6. The van der Waals surface area contributed by atoms with Crippen molar-refractivity contribution in [3.63, 3.8) is 0 Å². The maximum absolute atomic E-state index is 12.9. The van der Waals surface area contributed by atoms with Gasteiger partial charge in [-0.05, 0) is 43.3 Å². The molecule has 0 aliphatic rings. The Bertz CT molecular complexity index is 856. The summed E-state index contributed by atoms with van der Waals surface area (Å²) in [4.78, 5) is 3.91. The molecule has 0 aliphatic heterocycles. The minimum Gasteiger partial charge on any atom is -0.245 e. The highest BCUT2D eigenvalue weighted by molar-refractivity contribution is 6.29. The van der Waals surface area contributed by atoms with Crippen LogP contribution in [0.5, 0.6) is 0 Å². The van der Waals surface area contributed by atoms with Gasteiger partial charge in [-0.25, -0.2) is 9.67 Å². The van der Waals surface area contributed by atoms with E-state index < -0.39 is 11.7 Å². The van der Waals surface area contributed by atoms with Gasteiger partial charge in [0.25, 0.3) is 0 Å². The normalized spacial score (nSPS) is 11.7. The molecular weight excluding hydrogens is 327 g/mol. The minimum atomic E-state index is -4.40. The zero-order valence-electron chi connectivity index (χ0n) is 12.0.